The predicted octanol–water partition coefficient (Wildman–Crippen LogP) is -0.104. The van der Waals surface area contributed by atoms with Gasteiger partial charge in [0.05, 0.1) is 18.9 Å². The monoisotopic (exact) mass is 239 g/mol. The number of ether oxygens (including phenoxy) is 1. The SMILES string of the molecule is Cc1noc(C)c1CNC(=O)C1COCCN1. The van der Waals surface area contributed by atoms with Gasteiger partial charge in [0.1, 0.15) is 11.8 Å². The number of nitrogens with zero attached hydrogens (tertiary/aromatic N) is 1. The molecule has 0 spiro atoms. The van der Waals surface area contributed by atoms with Crippen molar-refractivity contribution in [2.24, 2.45) is 0 Å². The second-order valence-electron chi connectivity index (χ2n) is 4.10. The summed E-state index contributed by atoms with van der Waals surface area (Å²) in [4.78, 5) is 11.8. The Morgan fingerprint density at radius 3 is 3.00 bits per heavy atom. The van der Waals surface area contributed by atoms with E-state index < -0.39 is 0 Å². The van der Waals surface area contributed by atoms with Crippen LogP contribution in [0.5, 0.6) is 0 Å². The summed E-state index contributed by atoms with van der Waals surface area (Å²) >= 11 is 0. The summed E-state index contributed by atoms with van der Waals surface area (Å²) in [6.45, 7) is 5.94. The summed E-state index contributed by atoms with van der Waals surface area (Å²) in [5, 5.41) is 9.80. The van der Waals surface area contributed by atoms with Crippen molar-refractivity contribution in [2.45, 2.75) is 26.4 Å². The van der Waals surface area contributed by atoms with Crippen LogP contribution in [0.3, 0.4) is 0 Å². The van der Waals surface area contributed by atoms with Gasteiger partial charge in [-0.2, -0.15) is 0 Å². The summed E-state index contributed by atoms with van der Waals surface area (Å²) in [5.74, 6) is 0.695. The number of aryl methyl sites for hydroxylation is 2. The van der Waals surface area contributed by atoms with Gasteiger partial charge in [-0.3, -0.25) is 4.79 Å². The van der Waals surface area contributed by atoms with Crippen LogP contribution in [-0.4, -0.2) is 36.9 Å². The summed E-state index contributed by atoms with van der Waals surface area (Å²) in [7, 11) is 0. The third-order valence-corrected chi connectivity index (χ3v) is 2.86. The first-order valence-electron chi connectivity index (χ1n) is 5.69. The van der Waals surface area contributed by atoms with Gasteiger partial charge in [-0.25, -0.2) is 0 Å². The highest BCUT2D eigenvalue weighted by molar-refractivity contribution is 5.82. The lowest BCUT2D eigenvalue weighted by Crippen LogP contribution is -2.51. The van der Waals surface area contributed by atoms with Crippen LogP contribution in [0.2, 0.25) is 0 Å². The fourth-order valence-corrected chi connectivity index (χ4v) is 1.79. The Bertz CT molecular complexity index is 377. The Morgan fingerprint density at radius 1 is 1.59 bits per heavy atom. The Morgan fingerprint density at radius 2 is 2.41 bits per heavy atom. The molecule has 1 amide bonds. The second kappa shape index (κ2) is 5.29. The van der Waals surface area contributed by atoms with Crippen LogP contribution in [0.25, 0.3) is 0 Å². The molecule has 1 aromatic heterocycles. The summed E-state index contributed by atoms with van der Waals surface area (Å²) < 4.78 is 10.3. The van der Waals surface area contributed by atoms with E-state index in [4.69, 9.17) is 9.26 Å². The Kier molecular flexibility index (Phi) is 3.75. The lowest BCUT2D eigenvalue weighted by Gasteiger charge is -2.22. The minimum absolute atomic E-state index is 0.0512. The molecule has 0 aliphatic carbocycles. The number of aromatic nitrogens is 1. The third kappa shape index (κ3) is 2.83. The van der Waals surface area contributed by atoms with Gasteiger partial charge in [-0.15, -0.1) is 0 Å². The molecule has 2 N–H and O–H groups in total. The standard InChI is InChI=1S/C11H17N3O3/c1-7-9(8(2)17-14-7)5-13-11(15)10-6-16-4-3-12-10/h10,12H,3-6H2,1-2H3,(H,13,15). The zero-order valence-electron chi connectivity index (χ0n) is 10.1. The zero-order chi connectivity index (χ0) is 12.3. The minimum Gasteiger partial charge on any atom is -0.378 e. The molecule has 1 unspecified atom stereocenters. The van der Waals surface area contributed by atoms with Crippen molar-refractivity contribution in [3.05, 3.63) is 17.0 Å². The van der Waals surface area contributed by atoms with Crippen molar-refractivity contribution in [2.75, 3.05) is 19.8 Å². The van der Waals surface area contributed by atoms with Crippen LogP contribution in [0.1, 0.15) is 17.0 Å². The van der Waals surface area contributed by atoms with Crippen LogP contribution in [0.4, 0.5) is 0 Å². The number of carbonyl (C=O) groups is 1. The maximum Gasteiger partial charge on any atom is 0.239 e. The molecule has 17 heavy (non-hydrogen) atoms. The first-order valence-corrected chi connectivity index (χ1v) is 5.69. The number of hydrogen-bond donors (Lipinski definition) is 2. The smallest absolute Gasteiger partial charge is 0.239 e. The summed E-state index contributed by atoms with van der Waals surface area (Å²) in [6, 6.07) is -0.260. The third-order valence-electron chi connectivity index (χ3n) is 2.86. The second-order valence-corrected chi connectivity index (χ2v) is 4.10. The molecule has 1 saturated heterocycles. The fourth-order valence-electron chi connectivity index (χ4n) is 1.79. The van der Waals surface area contributed by atoms with Crippen molar-refractivity contribution in [3.63, 3.8) is 0 Å². The van der Waals surface area contributed by atoms with E-state index in [0.29, 0.717) is 26.3 Å². The van der Waals surface area contributed by atoms with E-state index in [2.05, 4.69) is 15.8 Å². The maximum atomic E-state index is 11.8. The molecule has 1 aliphatic heterocycles. The van der Waals surface area contributed by atoms with Gasteiger partial charge in [0.15, 0.2) is 0 Å². The lowest BCUT2D eigenvalue weighted by atomic mass is 10.2. The number of hydrogen-bond acceptors (Lipinski definition) is 5. The number of rotatable bonds is 3. The average molecular weight is 239 g/mol. The first-order chi connectivity index (χ1) is 8.18. The van der Waals surface area contributed by atoms with Gasteiger partial charge in [0, 0.05) is 18.7 Å². The number of nitrogens with one attached hydrogen (secondary N) is 2. The topological polar surface area (TPSA) is 76.4 Å². The summed E-state index contributed by atoms with van der Waals surface area (Å²) in [6.07, 6.45) is 0. The number of morpholine rings is 1. The predicted molar refractivity (Wildman–Crippen MR) is 60.4 cm³/mol. The van der Waals surface area contributed by atoms with E-state index in [1.54, 1.807) is 0 Å². The molecule has 1 aliphatic rings. The van der Waals surface area contributed by atoms with Crippen LogP contribution in [0, 0.1) is 13.8 Å². The van der Waals surface area contributed by atoms with E-state index in [9.17, 15) is 4.79 Å². The van der Waals surface area contributed by atoms with Gasteiger partial charge in [0.25, 0.3) is 0 Å². The highest BCUT2D eigenvalue weighted by atomic mass is 16.5. The molecule has 0 aromatic carbocycles. The van der Waals surface area contributed by atoms with E-state index in [-0.39, 0.29) is 11.9 Å². The maximum absolute atomic E-state index is 11.8. The highest BCUT2D eigenvalue weighted by Crippen LogP contribution is 2.11. The Labute approximate surface area is 99.7 Å². The molecule has 0 bridgehead atoms. The van der Waals surface area contributed by atoms with Gasteiger partial charge < -0.3 is 19.9 Å². The highest BCUT2D eigenvalue weighted by Gasteiger charge is 2.21. The van der Waals surface area contributed by atoms with E-state index in [0.717, 1.165) is 17.0 Å². The quantitative estimate of drug-likeness (QED) is 0.770. The molecule has 0 saturated carbocycles. The molecular formula is C11H17N3O3. The molecule has 0 radical (unpaired) electrons. The Balaban J connectivity index is 1.87. The molecule has 1 aromatic rings. The lowest BCUT2D eigenvalue weighted by molar-refractivity contribution is -0.126. The van der Waals surface area contributed by atoms with Crippen LogP contribution in [-0.2, 0) is 16.1 Å². The molecule has 1 fully saturated rings. The number of amides is 1. The first kappa shape index (κ1) is 12.1. The van der Waals surface area contributed by atoms with Crippen LogP contribution < -0.4 is 10.6 Å². The number of carbonyl (C=O) groups excluding carboxylic acids is 1. The average Bonchev–Trinajstić information content (AvgIpc) is 2.67. The molecule has 2 rings (SSSR count). The Hall–Kier alpha value is -1.40. The van der Waals surface area contributed by atoms with Gasteiger partial charge in [-0.1, -0.05) is 5.16 Å². The van der Waals surface area contributed by atoms with Crippen molar-refractivity contribution < 1.29 is 14.1 Å². The van der Waals surface area contributed by atoms with Gasteiger partial charge >= 0.3 is 0 Å². The van der Waals surface area contributed by atoms with Crippen LogP contribution >= 0.6 is 0 Å². The summed E-state index contributed by atoms with van der Waals surface area (Å²) in [5.41, 5.74) is 1.76. The van der Waals surface area contributed by atoms with Gasteiger partial charge in [-0.05, 0) is 13.8 Å². The van der Waals surface area contributed by atoms with Crippen LogP contribution in [0.15, 0.2) is 4.52 Å². The van der Waals surface area contributed by atoms with E-state index >= 15 is 0 Å². The normalized spacial score (nSPS) is 20.2. The molecule has 94 valence electrons. The van der Waals surface area contributed by atoms with Crippen molar-refractivity contribution in [3.8, 4) is 0 Å². The molecule has 6 nitrogen and oxygen atoms in total. The minimum atomic E-state index is -0.260. The van der Waals surface area contributed by atoms with Crippen molar-refractivity contribution >= 4 is 5.91 Å². The molecule has 2 heterocycles. The van der Waals surface area contributed by atoms with E-state index in [1.165, 1.54) is 0 Å². The fraction of sp³-hybridized carbons (Fsp3) is 0.636. The zero-order valence-corrected chi connectivity index (χ0v) is 10.1. The molecule has 1 atom stereocenters. The molecule has 6 heteroatoms. The van der Waals surface area contributed by atoms with Gasteiger partial charge in [0.2, 0.25) is 5.91 Å². The van der Waals surface area contributed by atoms with Crippen molar-refractivity contribution in [1.29, 1.82) is 0 Å². The van der Waals surface area contributed by atoms with E-state index in [1.807, 2.05) is 13.8 Å². The molecular weight excluding hydrogens is 222 g/mol. The van der Waals surface area contributed by atoms with Crippen molar-refractivity contribution in [1.82, 2.24) is 15.8 Å². The largest absolute Gasteiger partial charge is 0.378 e.